The lowest BCUT2D eigenvalue weighted by Crippen LogP contribution is -2.29. The van der Waals surface area contributed by atoms with E-state index in [-0.39, 0.29) is 12.2 Å². The summed E-state index contributed by atoms with van der Waals surface area (Å²) in [6.07, 6.45) is 0.915. The Balaban J connectivity index is 2.01. The van der Waals surface area contributed by atoms with Crippen LogP contribution in [0.4, 0.5) is 0 Å². The second kappa shape index (κ2) is 7.21. The van der Waals surface area contributed by atoms with Gasteiger partial charge in [-0.05, 0) is 48.0 Å². The van der Waals surface area contributed by atoms with E-state index in [1.807, 2.05) is 4.72 Å². The topological polar surface area (TPSA) is 72.5 Å². The number of amides is 1. The maximum atomic E-state index is 11.7. The van der Waals surface area contributed by atoms with E-state index in [0.717, 1.165) is 11.8 Å². The Kier molecular flexibility index (Phi) is 5.51. The monoisotopic (exact) mass is 373 g/mol. The minimum absolute atomic E-state index is 0.216. The quantitative estimate of drug-likeness (QED) is 0.872. The van der Waals surface area contributed by atoms with Crippen molar-refractivity contribution in [3.63, 3.8) is 0 Å². The molecule has 0 aliphatic rings. The largest absolute Gasteiger partial charge is 0.489 e. The van der Waals surface area contributed by atoms with Crippen molar-refractivity contribution in [2.45, 2.75) is 6.61 Å². The van der Waals surface area contributed by atoms with Crippen LogP contribution in [-0.2, 0) is 16.6 Å². The Morgan fingerprint density at radius 1 is 1.09 bits per heavy atom. The van der Waals surface area contributed by atoms with Crippen LogP contribution < -0.4 is 9.46 Å². The zero-order chi connectivity index (χ0) is 17.0. The summed E-state index contributed by atoms with van der Waals surface area (Å²) in [4.78, 5) is 11.7. The molecule has 8 heteroatoms. The molecule has 0 bridgehead atoms. The van der Waals surface area contributed by atoms with Crippen molar-refractivity contribution in [1.29, 1.82) is 0 Å². The molecule has 2 aromatic carbocycles. The summed E-state index contributed by atoms with van der Waals surface area (Å²) in [6.45, 7) is 0.259. The van der Waals surface area contributed by atoms with E-state index in [9.17, 15) is 13.2 Å². The highest BCUT2D eigenvalue weighted by Crippen LogP contribution is 2.21. The van der Waals surface area contributed by atoms with Gasteiger partial charge in [0.1, 0.15) is 12.4 Å². The molecule has 0 heterocycles. The first-order chi connectivity index (χ1) is 10.7. The molecule has 0 aliphatic carbocycles. The molecule has 0 radical (unpaired) electrons. The second-order valence-corrected chi connectivity index (χ2v) is 7.42. The van der Waals surface area contributed by atoms with E-state index in [0.29, 0.717) is 15.8 Å². The number of halogens is 2. The Morgan fingerprint density at radius 2 is 1.65 bits per heavy atom. The zero-order valence-electron chi connectivity index (χ0n) is 12.0. The van der Waals surface area contributed by atoms with E-state index < -0.39 is 15.9 Å². The number of benzene rings is 2. The Bertz CT molecular complexity index is 800. The first-order valence-electron chi connectivity index (χ1n) is 6.43. The van der Waals surface area contributed by atoms with Gasteiger partial charge in [0.05, 0.1) is 6.26 Å². The number of hydrogen-bond acceptors (Lipinski definition) is 4. The number of nitrogens with one attached hydrogen (secondary N) is 1. The highest BCUT2D eigenvalue weighted by Gasteiger charge is 2.10. The number of carbonyl (C=O) groups is 1. The van der Waals surface area contributed by atoms with Crippen LogP contribution in [0.25, 0.3) is 0 Å². The molecular formula is C15H13Cl2NO4S. The van der Waals surface area contributed by atoms with Gasteiger partial charge in [-0.2, -0.15) is 0 Å². The third-order valence-electron chi connectivity index (χ3n) is 2.72. The summed E-state index contributed by atoms with van der Waals surface area (Å²) >= 11 is 11.8. The number of rotatable bonds is 5. The number of carbonyl (C=O) groups excluding carboxylic acids is 1. The summed E-state index contributed by atoms with van der Waals surface area (Å²) in [7, 11) is -3.59. The van der Waals surface area contributed by atoms with Gasteiger partial charge < -0.3 is 4.74 Å². The maximum absolute atomic E-state index is 11.7. The van der Waals surface area contributed by atoms with Crippen LogP contribution in [0, 0.1) is 0 Å². The van der Waals surface area contributed by atoms with Crippen LogP contribution >= 0.6 is 23.2 Å². The molecular weight excluding hydrogens is 361 g/mol. The van der Waals surface area contributed by atoms with Crippen molar-refractivity contribution in [3.8, 4) is 5.75 Å². The minimum atomic E-state index is -3.59. The summed E-state index contributed by atoms with van der Waals surface area (Å²) in [5, 5.41) is 1.03. The van der Waals surface area contributed by atoms with Crippen LogP contribution in [0.3, 0.4) is 0 Å². The van der Waals surface area contributed by atoms with E-state index in [4.69, 9.17) is 27.9 Å². The van der Waals surface area contributed by atoms with E-state index in [1.165, 1.54) is 12.1 Å². The van der Waals surface area contributed by atoms with Gasteiger partial charge in [-0.25, -0.2) is 13.1 Å². The molecule has 122 valence electrons. The normalized spacial score (nSPS) is 11.1. The predicted octanol–water partition coefficient (Wildman–Crippen LogP) is 3.26. The molecule has 5 nitrogen and oxygen atoms in total. The number of sulfonamides is 1. The fraction of sp³-hybridized carbons (Fsp3) is 0.133. The van der Waals surface area contributed by atoms with Crippen molar-refractivity contribution in [2.75, 3.05) is 6.26 Å². The Morgan fingerprint density at radius 3 is 2.17 bits per heavy atom. The van der Waals surface area contributed by atoms with E-state index in [1.54, 1.807) is 30.3 Å². The van der Waals surface area contributed by atoms with Crippen LogP contribution in [-0.4, -0.2) is 20.6 Å². The molecule has 0 saturated carbocycles. The molecule has 1 N–H and O–H groups in total. The van der Waals surface area contributed by atoms with Crippen molar-refractivity contribution in [2.24, 2.45) is 0 Å². The van der Waals surface area contributed by atoms with Gasteiger partial charge in [0.25, 0.3) is 5.91 Å². The molecule has 0 atom stereocenters. The molecule has 0 unspecified atom stereocenters. The van der Waals surface area contributed by atoms with Crippen molar-refractivity contribution in [1.82, 2.24) is 4.72 Å². The van der Waals surface area contributed by atoms with Gasteiger partial charge in [-0.3, -0.25) is 4.79 Å². The minimum Gasteiger partial charge on any atom is -0.489 e. The van der Waals surface area contributed by atoms with Crippen LogP contribution in [0.15, 0.2) is 42.5 Å². The number of hydrogen-bond donors (Lipinski definition) is 1. The lowest BCUT2D eigenvalue weighted by Gasteiger charge is -2.08. The van der Waals surface area contributed by atoms with Crippen LogP contribution in [0.5, 0.6) is 5.75 Å². The van der Waals surface area contributed by atoms with E-state index >= 15 is 0 Å². The molecule has 1 amide bonds. The van der Waals surface area contributed by atoms with Gasteiger partial charge in [0.15, 0.2) is 0 Å². The summed E-state index contributed by atoms with van der Waals surface area (Å²) in [5.74, 6) is -0.169. The standard InChI is InChI=1S/C15H13Cl2NO4S/c1-23(20,21)18-15(19)11-2-4-14(5-3-11)22-9-10-6-12(16)8-13(17)7-10/h2-8H,9H2,1H3,(H,18,19). The molecule has 0 saturated heterocycles. The van der Waals surface area contributed by atoms with Gasteiger partial charge in [-0.15, -0.1) is 0 Å². The van der Waals surface area contributed by atoms with Crippen molar-refractivity contribution in [3.05, 3.63) is 63.6 Å². The predicted molar refractivity (Wildman–Crippen MR) is 89.5 cm³/mol. The third-order valence-corrected chi connectivity index (χ3v) is 3.72. The summed E-state index contributed by atoms with van der Waals surface area (Å²) in [5.41, 5.74) is 1.02. The third kappa shape index (κ3) is 5.74. The van der Waals surface area contributed by atoms with Gasteiger partial charge in [0, 0.05) is 15.6 Å². The first kappa shape index (κ1) is 17.6. The van der Waals surface area contributed by atoms with E-state index in [2.05, 4.69) is 0 Å². The van der Waals surface area contributed by atoms with Gasteiger partial charge in [-0.1, -0.05) is 23.2 Å². The lowest BCUT2D eigenvalue weighted by atomic mass is 10.2. The second-order valence-electron chi connectivity index (χ2n) is 4.79. The molecule has 0 fully saturated rings. The molecule has 2 aromatic rings. The molecule has 0 aliphatic heterocycles. The van der Waals surface area contributed by atoms with Crippen molar-refractivity contribution < 1.29 is 17.9 Å². The molecule has 0 aromatic heterocycles. The zero-order valence-corrected chi connectivity index (χ0v) is 14.4. The summed E-state index contributed by atoms with van der Waals surface area (Å²) in [6, 6.07) is 11.2. The average molecular weight is 374 g/mol. The highest BCUT2D eigenvalue weighted by atomic mass is 35.5. The number of ether oxygens (including phenoxy) is 1. The fourth-order valence-electron chi connectivity index (χ4n) is 1.79. The maximum Gasteiger partial charge on any atom is 0.264 e. The molecule has 23 heavy (non-hydrogen) atoms. The van der Waals surface area contributed by atoms with Crippen LogP contribution in [0.1, 0.15) is 15.9 Å². The first-order valence-corrected chi connectivity index (χ1v) is 9.07. The van der Waals surface area contributed by atoms with Crippen LogP contribution in [0.2, 0.25) is 10.0 Å². The SMILES string of the molecule is CS(=O)(=O)NC(=O)c1ccc(OCc2cc(Cl)cc(Cl)c2)cc1. The molecule has 2 rings (SSSR count). The Labute approximate surface area is 144 Å². The Hall–Kier alpha value is -1.76. The average Bonchev–Trinajstić information content (AvgIpc) is 2.43. The van der Waals surface area contributed by atoms with Gasteiger partial charge >= 0.3 is 0 Å². The smallest absolute Gasteiger partial charge is 0.264 e. The lowest BCUT2D eigenvalue weighted by molar-refractivity contribution is 0.0981. The fourth-order valence-corrected chi connectivity index (χ4v) is 2.82. The highest BCUT2D eigenvalue weighted by molar-refractivity contribution is 7.89. The molecule has 0 spiro atoms. The summed E-state index contributed by atoms with van der Waals surface area (Å²) < 4.78 is 29.5. The van der Waals surface area contributed by atoms with Gasteiger partial charge in [0.2, 0.25) is 10.0 Å². The van der Waals surface area contributed by atoms with Crippen molar-refractivity contribution >= 4 is 39.1 Å².